The van der Waals surface area contributed by atoms with Gasteiger partial charge in [0.05, 0.1) is 11.3 Å². The van der Waals surface area contributed by atoms with Crippen LogP contribution in [0.3, 0.4) is 0 Å². The van der Waals surface area contributed by atoms with Gasteiger partial charge in [0.15, 0.2) is 0 Å². The van der Waals surface area contributed by atoms with Gasteiger partial charge >= 0.3 is 12.8 Å². The van der Waals surface area contributed by atoms with Crippen molar-refractivity contribution in [2.45, 2.75) is 39.5 Å². The van der Waals surface area contributed by atoms with Gasteiger partial charge in [-0.3, -0.25) is 9.59 Å². The number of esters is 1. The Morgan fingerprint density at radius 1 is 1.25 bits per heavy atom. The zero-order valence-electron chi connectivity index (χ0n) is 9.73. The number of rotatable bonds is 9. The lowest BCUT2D eigenvalue weighted by Crippen LogP contribution is -2.17. The standard InChI is InChI=1S/C10H18NO5/c1-3-4-5-10(13)15-8-16-11(14)7-6-9(2)12/h3-8H2,1-2H3/q+1. The van der Waals surface area contributed by atoms with Gasteiger partial charge in [-0.2, -0.15) is 4.84 Å². The Labute approximate surface area is 94.4 Å². The molecular weight excluding hydrogens is 214 g/mol. The van der Waals surface area contributed by atoms with E-state index in [0.29, 0.717) is 6.42 Å². The summed E-state index contributed by atoms with van der Waals surface area (Å²) >= 11 is 0. The molecule has 0 aliphatic heterocycles. The van der Waals surface area contributed by atoms with E-state index in [9.17, 15) is 14.5 Å². The van der Waals surface area contributed by atoms with Crippen molar-refractivity contribution in [1.29, 1.82) is 0 Å². The maximum Gasteiger partial charge on any atom is 0.308 e. The molecule has 0 saturated heterocycles. The first-order valence-electron chi connectivity index (χ1n) is 5.29. The number of nitrogens with zero attached hydrogens (tertiary/aromatic N) is 1. The van der Waals surface area contributed by atoms with Crippen LogP contribution in [0.15, 0.2) is 0 Å². The Bertz CT molecular complexity index is 252. The van der Waals surface area contributed by atoms with Crippen molar-refractivity contribution in [2.75, 3.05) is 13.3 Å². The zero-order valence-corrected chi connectivity index (χ0v) is 9.73. The maximum atomic E-state index is 11.0. The third-order valence-electron chi connectivity index (χ3n) is 1.80. The van der Waals surface area contributed by atoms with Crippen LogP contribution in [0.4, 0.5) is 0 Å². The molecule has 0 unspecified atom stereocenters. The van der Waals surface area contributed by atoms with Gasteiger partial charge in [-0.05, 0) is 13.3 Å². The summed E-state index contributed by atoms with van der Waals surface area (Å²) < 4.78 is 4.63. The molecule has 0 amide bonds. The van der Waals surface area contributed by atoms with Crippen LogP contribution in [0.5, 0.6) is 0 Å². The minimum atomic E-state index is -0.399. The molecule has 0 fully saturated rings. The minimum absolute atomic E-state index is 0.0537. The number of Topliss-reactive ketones (excluding diaryl/α,β-unsaturated/α-hetero) is 1. The van der Waals surface area contributed by atoms with Crippen LogP contribution in [0, 0.1) is 4.91 Å². The Kier molecular flexibility index (Phi) is 8.01. The van der Waals surface area contributed by atoms with Crippen LogP contribution in [0.25, 0.3) is 0 Å². The second kappa shape index (κ2) is 8.82. The van der Waals surface area contributed by atoms with Crippen molar-refractivity contribution in [3.05, 3.63) is 4.91 Å². The Morgan fingerprint density at radius 3 is 2.50 bits per heavy atom. The van der Waals surface area contributed by atoms with E-state index >= 15 is 0 Å². The number of hydrogen-bond donors (Lipinski definition) is 0. The molecule has 92 valence electrons. The van der Waals surface area contributed by atoms with Gasteiger partial charge in [-0.25, -0.2) is 0 Å². The highest BCUT2D eigenvalue weighted by Gasteiger charge is 2.12. The maximum absolute atomic E-state index is 11.0. The quantitative estimate of drug-likeness (QED) is 0.341. The van der Waals surface area contributed by atoms with Gasteiger partial charge in [0.1, 0.15) is 5.78 Å². The lowest BCUT2D eigenvalue weighted by molar-refractivity contribution is -0.809. The molecule has 0 spiro atoms. The van der Waals surface area contributed by atoms with Crippen LogP contribution in [0.1, 0.15) is 39.5 Å². The summed E-state index contributed by atoms with van der Waals surface area (Å²) in [6.07, 6.45) is 2.10. The molecule has 16 heavy (non-hydrogen) atoms. The number of carbonyl (C=O) groups is 2. The summed E-state index contributed by atoms with van der Waals surface area (Å²) in [4.78, 5) is 37.2. The summed E-state index contributed by atoms with van der Waals surface area (Å²) in [6, 6.07) is 0. The molecule has 0 radical (unpaired) electrons. The third kappa shape index (κ3) is 9.11. The van der Waals surface area contributed by atoms with E-state index in [1.165, 1.54) is 6.92 Å². The van der Waals surface area contributed by atoms with Crippen LogP contribution < -0.4 is 0 Å². The molecular formula is C10H18NO5+. The first-order valence-corrected chi connectivity index (χ1v) is 5.29. The van der Waals surface area contributed by atoms with E-state index in [2.05, 4.69) is 9.57 Å². The largest absolute Gasteiger partial charge is 0.421 e. The highest BCUT2D eigenvalue weighted by molar-refractivity contribution is 5.75. The number of unbranched alkanes of at least 4 members (excludes halogenated alkanes) is 1. The number of ketones is 1. The first-order chi connectivity index (χ1) is 7.56. The Hall–Kier alpha value is -1.46. The van der Waals surface area contributed by atoms with Crippen LogP contribution >= 0.6 is 0 Å². The lowest BCUT2D eigenvalue weighted by atomic mass is 10.3. The predicted molar refractivity (Wildman–Crippen MR) is 55.4 cm³/mol. The van der Waals surface area contributed by atoms with E-state index in [1.807, 2.05) is 6.92 Å². The molecule has 0 bridgehead atoms. The van der Waals surface area contributed by atoms with Gasteiger partial charge in [0, 0.05) is 6.42 Å². The molecule has 0 aromatic carbocycles. The monoisotopic (exact) mass is 232 g/mol. The van der Waals surface area contributed by atoms with Gasteiger partial charge in [0.2, 0.25) is 4.92 Å². The second-order valence-corrected chi connectivity index (χ2v) is 3.38. The molecule has 0 aliphatic carbocycles. The summed E-state index contributed by atoms with van der Waals surface area (Å²) in [5.41, 5.74) is 0. The van der Waals surface area contributed by atoms with Gasteiger partial charge in [-0.15, -0.1) is 0 Å². The average Bonchev–Trinajstić information content (AvgIpc) is 2.23. The fourth-order valence-electron chi connectivity index (χ4n) is 0.857. The predicted octanol–water partition coefficient (Wildman–Crippen LogP) is 1.37. The van der Waals surface area contributed by atoms with Crippen molar-refractivity contribution in [3.63, 3.8) is 0 Å². The van der Waals surface area contributed by atoms with Crippen molar-refractivity contribution in [3.8, 4) is 0 Å². The molecule has 0 rings (SSSR count). The van der Waals surface area contributed by atoms with E-state index in [0.717, 1.165) is 12.8 Å². The second-order valence-electron chi connectivity index (χ2n) is 3.38. The number of carbonyl (C=O) groups excluding carboxylic acids is 2. The average molecular weight is 232 g/mol. The summed E-state index contributed by atoms with van der Waals surface area (Å²) in [5.74, 6) is -0.480. The lowest BCUT2D eigenvalue weighted by Gasteiger charge is -1.99. The van der Waals surface area contributed by atoms with Gasteiger partial charge in [0.25, 0.3) is 6.54 Å². The molecule has 0 saturated carbocycles. The minimum Gasteiger partial charge on any atom is -0.421 e. The summed E-state index contributed by atoms with van der Waals surface area (Å²) in [6.45, 7) is 2.90. The van der Waals surface area contributed by atoms with Crippen LogP contribution in [0.2, 0.25) is 0 Å². The zero-order chi connectivity index (χ0) is 12.4. The molecule has 0 N–H and O–H groups in total. The normalized spacial score (nSPS) is 9.62. The third-order valence-corrected chi connectivity index (χ3v) is 1.80. The van der Waals surface area contributed by atoms with E-state index in [-0.39, 0.29) is 29.6 Å². The molecule has 0 atom stereocenters. The van der Waals surface area contributed by atoms with Gasteiger partial charge < -0.3 is 4.74 Å². The molecule has 0 aromatic rings. The van der Waals surface area contributed by atoms with Crippen molar-refractivity contribution in [2.24, 2.45) is 0 Å². The molecule has 0 aliphatic rings. The SMILES string of the molecule is CCCCC(=O)OCO[N+](=O)CCC(C)=O. The Balaban J connectivity index is 3.46. The Morgan fingerprint density at radius 2 is 1.94 bits per heavy atom. The number of ether oxygens (including phenoxy) is 1. The number of hydrogen-bond acceptors (Lipinski definition) is 5. The van der Waals surface area contributed by atoms with Crippen molar-refractivity contribution in [1.82, 2.24) is 0 Å². The smallest absolute Gasteiger partial charge is 0.308 e. The van der Waals surface area contributed by atoms with E-state index < -0.39 is 6.79 Å². The topological polar surface area (TPSA) is 72.7 Å². The van der Waals surface area contributed by atoms with Crippen molar-refractivity contribution >= 4 is 11.8 Å². The first kappa shape index (κ1) is 14.5. The summed E-state index contributed by atoms with van der Waals surface area (Å²) in [7, 11) is 0. The molecule has 0 aromatic heterocycles. The fraction of sp³-hybridized carbons (Fsp3) is 0.800. The van der Waals surface area contributed by atoms with E-state index in [1.54, 1.807) is 0 Å². The molecule has 6 heteroatoms. The highest BCUT2D eigenvalue weighted by atomic mass is 16.8. The van der Waals surface area contributed by atoms with Crippen LogP contribution in [-0.2, 0) is 19.2 Å². The van der Waals surface area contributed by atoms with E-state index in [4.69, 9.17) is 0 Å². The summed E-state index contributed by atoms with van der Waals surface area (Å²) in [5, 5.41) is 0. The molecule has 0 heterocycles. The van der Waals surface area contributed by atoms with Gasteiger partial charge in [-0.1, -0.05) is 13.3 Å². The fourth-order valence-corrected chi connectivity index (χ4v) is 0.857. The highest BCUT2D eigenvalue weighted by Crippen LogP contribution is 1.96. The van der Waals surface area contributed by atoms with Crippen molar-refractivity contribution < 1.29 is 24.1 Å². The molecule has 6 nitrogen and oxygen atoms in total. The van der Waals surface area contributed by atoms with Crippen LogP contribution in [-0.4, -0.2) is 30.0 Å².